The van der Waals surface area contributed by atoms with Crippen LogP contribution in [0.15, 0.2) is 78.0 Å². The number of para-hydroxylation sites is 1. The number of ether oxygens (including phenoxy) is 3. The molecule has 0 radical (unpaired) electrons. The summed E-state index contributed by atoms with van der Waals surface area (Å²) >= 11 is 0. The molecule has 0 spiro atoms. The van der Waals surface area contributed by atoms with E-state index in [9.17, 15) is 25.2 Å². The number of carbonyl (C=O) groups is 1. The van der Waals surface area contributed by atoms with Gasteiger partial charge in [0.05, 0.1) is 58.0 Å². The Kier molecular flexibility index (Phi) is 12.8. The Hall–Kier alpha value is -5.14. The van der Waals surface area contributed by atoms with Crippen molar-refractivity contribution in [3.05, 3.63) is 117 Å². The van der Waals surface area contributed by atoms with Gasteiger partial charge in [0.1, 0.15) is 11.9 Å². The number of oxime groups is 1. The number of amides is 1. The van der Waals surface area contributed by atoms with E-state index < -0.39 is 12.3 Å². The molecule has 2 aliphatic rings. The van der Waals surface area contributed by atoms with Crippen LogP contribution >= 0.6 is 0 Å². The van der Waals surface area contributed by atoms with Gasteiger partial charge in [-0.1, -0.05) is 42.6 Å². The lowest BCUT2D eigenvalue weighted by Gasteiger charge is -2.28. The molecule has 2 heterocycles. The van der Waals surface area contributed by atoms with Crippen LogP contribution in [0.4, 0.5) is 5.69 Å². The van der Waals surface area contributed by atoms with E-state index >= 15 is 0 Å². The lowest BCUT2D eigenvalue weighted by molar-refractivity contribution is 0.0853. The monoisotopic (exact) mass is 725 g/mol. The van der Waals surface area contributed by atoms with Gasteiger partial charge in [0.25, 0.3) is 5.91 Å². The third kappa shape index (κ3) is 8.91. The molecule has 2 atom stereocenters. The van der Waals surface area contributed by atoms with Crippen molar-refractivity contribution in [1.29, 1.82) is 0 Å². The maximum Gasteiger partial charge on any atom is 0.255 e. The van der Waals surface area contributed by atoms with Crippen LogP contribution in [-0.2, 0) is 31.3 Å². The zero-order valence-corrected chi connectivity index (χ0v) is 29.8. The summed E-state index contributed by atoms with van der Waals surface area (Å²) in [6, 6.07) is 22.2. The quantitative estimate of drug-likeness (QED) is 0.0690. The Bertz CT molecular complexity index is 1890. The Morgan fingerprint density at radius 1 is 0.717 bits per heavy atom. The molecule has 0 fully saturated rings. The van der Waals surface area contributed by atoms with Crippen molar-refractivity contribution < 1.29 is 44.3 Å². The second-order valence-electron chi connectivity index (χ2n) is 13.1. The van der Waals surface area contributed by atoms with E-state index in [0.29, 0.717) is 64.7 Å². The minimum absolute atomic E-state index is 0.142. The molecule has 0 saturated carbocycles. The summed E-state index contributed by atoms with van der Waals surface area (Å²) in [7, 11) is 1.61. The molecule has 2 unspecified atom stereocenters. The Labute approximate surface area is 309 Å². The minimum Gasteiger partial charge on any atom is -0.493 e. The fourth-order valence-electron chi connectivity index (χ4n) is 6.71. The highest BCUT2D eigenvalue weighted by atomic mass is 16.6. The number of carbonyl (C=O) groups excluding carboxylic acids is 1. The molecule has 53 heavy (non-hydrogen) atoms. The van der Waals surface area contributed by atoms with E-state index in [0.717, 1.165) is 60.2 Å². The highest BCUT2D eigenvalue weighted by Crippen LogP contribution is 2.35. The van der Waals surface area contributed by atoms with Crippen molar-refractivity contribution in [2.75, 3.05) is 25.6 Å². The van der Waals surface area contributed by atoms with Gasteiger partial charge < -0.3 is 50.1 Å². The fourth-order valence-corrected chi connectivity index (χ4v) is 6.71. The van der Waals surface area contributed by atoms with Gasteiger partial charge in [-0.15, -0.1) is 0 Å². The predicted molar refractivity (Wildman–Crippen MR) is 199 cm³/mol. The average Bonchev–Trinajstić information content (AvgIpc) is 3.70. The van der Waals surface area contributed by atoms with Crippen molar-refractivity contribution in [3.8, 4) is 17.2 Å². The number of methoxy groups -OCH3 is 1. The summed E-state index contributed by atoms with van der Waals surface area (Å²) in [6.07, 6.45) is 4.45. The summed E-state index contributed by atoms with van der Waals surface area (Å²) < 4.78 is 17.7. The number of unbranched alkanes of at least 4 members (excludes halogenated alkanes) is 4. The number of benzene rings is 4. The summed E-state index contributed by atoms with van der Waals surface area (Å²) in [4.78, 5) is 18.3. The van der Waals surface area contributed by atoms with Crippen LogP contribution in [-0.4, -0.2) is 52.4 Å². The SMILES string of the molecule is COc1ccc(C2=NOC(c3cc(CO)c(CO)c(CO)c3)C2)cc1OCCCCCCCOc1ccc(C2NC(=O)c3ccccc3N2)cc1CO. The van der Waals surface area contributed by atoms with Crippen molar-refractivity contribution in [1.82, 2.24) is 5.32 Å². The average molecular weight is 726 g/mol. The van der Waals surface area contributed by atoms with Gasteiger partial charge in [-0.3, -0.25) is 4.79 Å². The Morgan fingerprint density at radius 3 is 2.08 bits per heavy atom. The zero-order chi connectivity index (χ0) is 37.2. The zero-order valence-electron chi connectivity index (χ0n) is 29.8. The second kappa shape index (κ2) is 18.1. The van der Waals surface area contributed by atoms with Gasteiger partial charge in [0.15, 0.2) is 17.6 Å². The van der Waals surface area contributed by atoms with Gasteiger partial charge in [-0.05, 0) is 95.3 Å². The number of aliphatic hydroxyl groups excluding tert-OH is 4. The molecule has 0 aliphatic carbocycles. The molecule has 6 rings (SSSR count). The Morgan fingerprint density at radius 2 is 1.38 bits per heavy atom. The van der Waals surface area contributed by atoms with Crippen LogP contribution in [0.2, 0.25) is 0 Å². The molecule has 0 bridgehead atoms. The number of hydrogen-bond acceptors (Lipinski definition) is 11. The molecule has 1 amide bonds. The number of nitrogens with zero attached hydrogens (tertiary/aromatic N) is 1. The predicted octanol–water partition coefficient (Wildman–Crippen LogP) is 5.79. The van der Waals surface area contributed by atoms with Crippen molar-refractivity contribution in [2.45, 2.75) is 77.2 Å². The first-order chi connectivity index (χ1) is 26.0. The molecule has 12 nitrogen and oxygen atoms in total. The normalized spacial score (nSPS) is 16.2. The molecule has 4 aromatic rings. The number of hydrogen-bond donors (Lipinski definition) is 6. The number of anilines is 1. The fraction of sp³-hybridized carbons (Fsp3) is 0.366. The molecule has 4 aromatic carbocycles. The Balaban J connectivity index is 0.925. The molecule has 0 saturated heterocycles. The third-order valence-electron chi connectivity index (χ3n) is 9.63. The van der Waals surface area contributed by atoms with Gasteiger partial charge >= 0.3 is 0 Å². The maximum atomic E-state index is 12.6. The first-order valence-corrected chi connectivity index (χ1v) is 18.0. The molecule has 0 aromatic heterocycles. The van der Waals surface area contributed by atoms with Crippen LogP contribution in [0.1, 0.15) is 100 Å². The highest BCUT2D eigenvalue weighted by molar-refractivity contribution is 6.02. The molecular formula is C41H47N3O9. The lowest BCUT2D eigenvalue weighted by Crippen LogP contribution is -2.38. The second-order valence-corrected chi connectivity index (χ2v) is 13.1. The smallest absolute Gasteiger partial charge is 0.255 e. The van der Waals surface area contributed by atoms with E-state index in [4.69, 9.17) is 19.0 Å². The van der Waals surface area contributed by atoms with Crippen molar-refractivity contribution >= 4 is 17.3 Å². The molecule has 280 valence electrons. The number of aliphatic hydroxyl groups is 4. The molecular weight excluding hydrogens is 678 g/mol. The van der Waals surface area contributed by atoms with Gasteiger partial charge in [-0.2, -0.15) is 0 Å². The summed E-state index contributed by atoms with van der Waals surface area (Å²) in [5.41, 5.74) is 6.88. The summed E-state index contributed by atoms with van der Waals surface area (Å²) in [6.45, 7) is 0.104. The first-order valence-electron chi connectivity index (χ1n) is 18.0. The lowest BCUT2D eigenvalue weighted by atomic mass is 9.93. The highest BCUT2D eigenvalue weighted by Gasteiger charge is 2.27. The topological polar surface area (TPSA) is 171 Å². The van der Waals surface area contributed by atoms with Crippen LogP contribution in [0.25, 0.3) is 0 Å². The molecule has 2 aliphatic heterocycles. The van der Waals surface area contributed by atoms with Crippen molar-refractivity contribution in [2.24, 2.45) is 5.16 Å². The molecule has 6 N–H and O–H groups in total. The van der Waals surface area contributed by atoms with Gasteiger partial charge in [0, 0.05) is 23.2 Å². The summed E-state index contributed by atoms with van der Waals surface area (Å²) in [5, 5.41) is 50.0. The van der Waals surface area contributed by atoms with Gasteiger partial charge in [-0.25, -0.2) is 0 Å². The number of fused-ring (bicyclic) bond motifs is 1. The van der Waals surface area contributed by atoms with Gasteiger partial charge in [0.2, 0.25) is 0 Å². The van der Waals surface area contributed by atoms with Crippen LogP contribution in [0.3, 0.4) is 0 Å². The standard InChI is InChI=1S/C41H47N3O9/c1-50-37-14-11-26(35-21-38(53-44-35)28-18-29(22-45)33(25-48)30(19-28)23-46)20-39(37)52-16-8-4-2-3-7-15-51-36-13-12-27(17-31(36)24-47)40-42-34-10-6-5-9-32(34)41(49)43-40/h5-6,9-14,17-20,38,40,42,45-48H,2-4,7-8,15-16,21-25H2,1H3,(H,43,49). The van der Waals surface area contributed by atoms with Crippen LogP contribution in [0, 0.1) is 0 Å². The van der Waals surface area contributed by atoms with E-state index in [-0.39, 0.29) is 32.3 Å². The first kappa shape index (κ1) is 37.6. The third-order valence-corrected chi connectivity index (χ3v) is 9.63. The number of rotatable bonds is 18. The van der Waals surface area contributed by atoms with E-state index in [1.54, 1.807) is 25.3 Å². The largest absolute Gasteiger partial charge is 0.493 e. The van der Waals surface area contributed by atoms with Crippen LogP contribution < -0.4 is 24.8 Å². The number of nitrogens with one attached hydrogen (secondary N) is 2. The van der Waals surface area contributed by atoms with E-state index in [1.165, 1.54) is 0 Å². The maximum absolute atomic E-state index is 12.6. The van der Waals surface area contributed by atoms with Crippen molar-refractivity contribution in [3.63, 3.8) is 0 Å². The van der Waals surface area contributed by atoms with E-state index in [1.807, 2.05) is 54.6 Å². The molecule has 12 heteroatoms. The van der Waals surface area contributed by atoms with E-state index in [2.05, 4.69) is 15.8 Å². The summed E-state index contributed by atoms with van der Waals surface area (Å²) in [5.74, 6) is 1.75. The minimum atomic E-state index is -0.401. The van der Waals surface area contributed by atoms with Crippen LogP contribution in [0.5, 0.6) is 17.2 Å².